The van der Waals surface area contributed by atoms with Crippen molar-refractivity contribution in [3.63, 3.8) is 0 Å². The Labute approximate surface area is 137 Å². The van der Waals surface area contributed by atoms with Crippen molar-refractivity contribution in [1.29, 1.82) is 0 Å². The minimum absolute atomic E-state index is 0. The second-order valence-electron chi connectivity index (χ2n) is 4.15. The molecule has 114 valence electrons. The summed E-state index contributed by atoms with van der Waals surface area (Å²) >= 11 is 0. The Bertz CT molecular complexity index is 671. The van der Waals surface area contributed by atoms with Crippen LogP contribution in [0, 0.1) is 23.3 Å². The first kappa shape index (κ1) is 16.4. The summed E-state index contributed by atoms with van der Waals surface area (Å²) in [5.74, 6) is -3.66. The summed E-state index contributed by atoms with van der Waals surface area (Å²) < 4.78 is 52.8. The summed E-state index contributed by atoms with van der Waals surface area (Å²) in [6, 6.07) is 1.37. The van der Waals surface area contributed by atoms with Gasteiger partial charge in [0.15, 0.2) is 23.3 Å². The van der Waals surface area contributed by atoms with Crippen LogP contribution in [-0.2, 0) is 20.1 Å². The van der Waals surface area contributed by atoms with Crippen LogP contribution in [0.4, 0.5) is 29.2 Å². The van der Waals surface area contributed by atoms with E-state index in [-0.39, 0.29) is 31.7 Å². The fourth-order valence-electron chi connectivity index (χ4n) is 1.80. The Morgan fingerprint density at radius 2 is 1.18 bits per heavy atom. The Balaban J connectivity index is 0.00000176. The molecule has 0 saturated heterocycles. The summed E-state index contributed by atoms with van der Waals surface area (Å²) in [6.07, 6.45) is 4.49. The molecule has 2 radical (unpaired) electrons. The molecule has 3 rings (SSSR count). The summed E-state index contributed by atoms with van der Waals surface area (Å²) in [4.78, 5) is 9.68. The van der Waals surface area contributed by atoms with E-state index < -0.39 is 23.3 Å². The third-order valence-corrected chi connectivity index (χ3v) is 2.70. The van der Waals surface area contributed by atoms with E-state index in [1.54, 1.807) is 0 Å². The molecular weight excluding hydrogens is 479 g/mol. The first-order valence-electron chi connectivity index (χ1n) is 5.76. The smallest absolute Gasteiger partial charge is 0.356 e. The number of nitrogens with zero attached hydrogens (tertiary/aromatic N) is 4. The van der Waals surface area contributed by atoms with Gasteiger partial charge in [-0.2, -0.15) is 0 Å². The van der Waals surface area contributed by atoms with Crippen LogP contribution < -0.4 is 9.62 Å². The predicted molar refractivity (Wildman–Crippen MR) is 68.2 cm³/mol. The van der Waals surface area contributed by atoms with Crippen molar-refractivity contribution in [3.8, 4) is 0 Å². The third kappa shape index (κ3) is 3.12. The topological polar surface area (TPSA) is 32.3 Å². The van der Waals surface area contributed by atoms with Crippen molar-refractivity contribution >= 4 is 19.2 Å². The van der Waals surface area contributed by atoms with Gasteiger partial charge in [0.1, 0.15) is 11.6 Å². The largest absolute Gasteiger partial charge is 0.403 e. The monoisotopic (exact) mass is 486 g/mol. The van der Waals surface area contributed by atoms with Gasteiger partial charge >= 0.3 is 7.55 Å². The molecule has 0 aliphatic carbocycles. The second kappa shape index (κ2) is 6.45. The minimum Gasteiger partial charge on any atom is -0.356 e. The number of hydrogen-bond acceptors (Lipinski definition) is 4. The molecule has 0 atom stereocenters. The van der Waals surface area contributed by atoms with Crippen molar-refractivity contribution in [2.75, 3.05) is 9.62 Å². The molecule has 0 amide bonds. The van der Waals surface area contributed by atoms with Crippen LogP contribution in [0.3, 0.4) is 0 Å². The van der Waals surface area contributed by atoms with Crippen LogP contribution in [0.5, 0.6) is 0 Å². The number of pyridine rings is 2. The first-order valence-corrected chi connectivity index (χ1v) is 5.76. The van der Waals surface area contributed by atoms with Gasteiger partial charge in [-0.3, -0.25) is 0 Å². The zero-order valence-corrected chi connectivity index (χ0v) is 13.1. The Hall–Kier alpha value is -1.93. The number of hydrogen-bond donors (Lipinski definition) is 0. The molecule has 1 aliphatic heterocycles. The maximum atomic E-state index is 13.6. The van der Waals surface area contributed by atoms with E-state index in [9.17, 15) is 17.6 Å². The Morgan fingerprint density at radius 3 is 1.55 bits per heavy atom. The standard InChI is InChI=1S/C12H6BF4N4.Ir/c14-7-3-9(16)11(18-5-7)20-1-2-21(13-20)12-10(17)4-8(15)6-19-12;/h1-6H;. The predicted octanol–water partition coefficient (Wildman–Crippen LogP) is 2.36. The summed E-state index contributed by atoms with van der Waals surface area (Å²) in [5, 5.41) is 0. The van der Waals surface area contributed by atoms with Crippen molar-refractivity contribution in [2.24, 2.45) is 0 Å². The molecule has 10 heteroatoms. The molecule has 22 heavy (non-hydrogen) atoms. The number of anilines is 2. The molecule has 0 saturated carbocycles. The average Bonchev–Trinajstić information content (AvgIpc) is 2.87. The van der Waals surface area contributed by atoms with Crippen LogP contribution >= 0.6 is 0 Å². The zero-order chi connectivity index (χ0) is 15.0. The maximum absolute atomic E-state index is 13.6. The molecule has 0 bridgehead atoms. The molecule has 0 aromatic carbocycles. The van der Waals surface area contributed by atoms with E-state index in [0.29, 0.717) is 12.1 Å². The third-order valence-electron chi connectivity index (χ3n) is 2.70. The van der Waals surface area contributed by atoms with Gasteiger partial charge in [0, 0.05) is 44.6 Å². The molecule has 2 aromatic rings. The van der Waals surface area contributed by atoms with E-state index in [1.807, 2.05) is 0 Å². The fourth-order valence-corrected chi connectivity index (χ4v) is 1.80. The zero-order valence-electron chi connectivity index (χ0n) is 10.7. The van der Waals surface area contributed by atoms with Gasteiger partial charge in [-0.25, -0.2) is 27.5 Å². The van der Waals surface area contributed by atoms with Gasteiger partial charge in [-0.15, -0.1) is 0 Å². The van der Waals surface area contributed by atoms with Crippen LogP contribution in [0.25, 0.3) is 0 Å². The van der Waals surface area contributed by atoms with E-state index in [1.165, 1.54) is 29.6 Å². The molecule has 1 aliphatic rings. The van der Waals surface area contributed by atoms with Gasteiger partial charge < -0.3 is 9.62 Å². The van der Waals surface area contributed by atoms with Crippen molar-refractivity contribution in [3.05, 3.63) is 60.2 Å². The van der Waals surface area contributed by atoms with Gasteiger partial charge in [-0.1, -0.05) is 0 Å². The first-order chi connectivity index (χ1) is 10.0. The summed E-state index contributed by atoms with van der Waals surface area (Å²) in [6.45, 7) is 0. The summed E-state index contributed by atoms with van der Waals surface area (Å²) in [5.41, 5.74) is 0. The normalized spacial score (nSPS) is 13.1. The van der Waals surface area contributed by atoms with Crippen molar-refractivity contribution in [1.82, 2.24) is 9.97 Å². The van der Waals surface area contributed by atoms with E-state index in [2.05, 4.69) is 9.97 Å². The van der Waals surface area contributed by atoms with Crippen molar-refractivity contribution < 1.29 is 37.7 Å². The Kier molecular flexibility index (Phi) is 4.82. The van der Waals surface area contributed by atoms with E-state index >= 15 is 0 Å². The molecule has 0 fully saturated rings. The van der Waals surface area contributed by atoms with Gasteiger partial charge in [-0.05, 0) is 0 Å². The quantitative estimate of drug-likeness (QED) is 0.484. The van der Waals surface area contributed by atoms with Crippen LogP contribution in [0.2, 0.25) is 0 Å². The molecular formula is C12H6BF4IrN4. The van der Waals surface area contributed by atoms with Crippen LogP contribution in [0.15, 0.2) is 36.9 Å². The fraction of sp³-hybridized carbons (Fsp3) is 0. The molecule has 0 N–H and O–H groups in total. The Morgan fingerprint density at radius 1 is 0.773 bits per heavy atom. The van der Waals surface area contributed by atoms with Crippen molar-refractivity contribution in [2.45, 2.75) is 0 Å². The van der Waals surface area contributed by atoms with Crippen LogP contribution in [-0.4, -0.2) is 17.5 Å². The number of aromatic nitrogens is 2. The number of halogens is 4. The van der Waals surface area contributed by atoms with E-state index in [4.69, 9.17) is 0 Å². The maximum Gasteiger partial charge on any atom is 0.403 e. The second-order valence-corrected chi connectivity index (χ2v) is 4.15. The van der Waals surface area contributed by atoms with Crippen LogP contribution in [0.1, 0.15) is 0 Å². The van der Waals surface area contributed by atoms with Gasteiger partial charge in [0.2, 0.25) is 0 Å². The minimum atomic E-state index is -0.870. The molecule has 2 aromatic heterocycles. The molecule has 4 nitrogen and oxygen atoms in total. The molecule has 0 spiro atoms. The SMILES string of the molecule is Fc1cnc(N2[B]N(c3ncc(F)cc3F)C=C2)c(F)c1.[Ir]. The average molecular weight is 485 g/mol. The molecule has 0 unspecified atom stereocenters. The van der Waals surface area contributed by atoms with E-state index in [0.717, 1.165) is 12.4 Å². The van der Waals surface area contributed by atoms with Gasteiger partial charge in [0.05, 0.1) is 12.4 Å². The summed E-state index contributed by atoms with van der Waals surface area (Å²) in [7, 11) is 1.28. The van der Waals surface area contributed by atoms with Gasteiger partial charge in [0.25, 0.3) is 0 Å². The number of rotatable bonds is 2. The molecule has 3 heterocycles.